The summed E-state index contributed by atoms with van der Waals surface area (Å²) in [5, 5.41) is 7.12. The molecular weight excluding hydrogens is 391 g/mol. The second-order valence-electron chi connectivity index (χ2n) is 7.26. The van der Waals surface area contributed by atoms with Crippen LogP contribution in [0.3, 0.4) is 0 Å². The molecule has 2 aliphatic heterocycles. The molecule has 0 unspecified atom stereocenters. The number of halogens is 3. The lowest BCUT2D eigenvalue weighted by atomic mass is 9.77. The molecule has 10 heteroatoms. The number of amides is 1. The maximum Gasteiger partial charge on any atom is 0.490 e. The lowest BCUT2D eigenvalue weighted by molar-refractivity contribution is -0.192. The maximum atomic E-state index is 12.7. The molecular formula is C19H26F3N3O4. The van der Waals surface area contributed by atoms with Gasteiger partial charge in [-0.1, -0.05) is 6.07 Å². The monoisotopic (exact) mass is 417 g/mol. The highest BCUT2D eigenvalue weighted by molar-refractivity contribution is 5.85. The first-order chi connectivity index (χ1) is 13.7. The van der Waals surface area contributed by atoms with Crippen LogP contribution >= 0.6 is 0 Å². The normalized spacial score (nSPS) is 19.2. The Labute approximate surface area is 167 Å². The average molecular weight is 417 g/mol. The third-order valence-corrected chi connectivity index (χ3v) is 5.35. The van der Waals surface area contributed by atoms with Crippen LogP contribution in [0, 0.1) is 5.41 Å². The predicted octanol–water partition coefficient (Wildman–Crippen LogP) is 2.18. The zero-order valence-corrected chi connectivity index (χ0v) is 16.3. The summed E-state index contributed by atoms with van der Waals surface area (Å²) >= 11 is 0. The number of aromatic nitrogens is 1. The molecule has 29 heavy (non-hydrogen) atoms. The van der Waals surface area contributed by atoms with Gasteiger partial charge in [0.25, 0.3) is 0 Å². The molecule has 1 aromatic heterocycles. The number of carbonyl (C=O) groups is 2. The van der Waals surface area contributed by atoms with Crippen LogP contribution in [0.25, 0.3) is 0 Å². The summed E-state index contributed by atoms with van der Waals surface area (Å²) in [6.45, 7) is 5.19. The highest BCUT2D eigenvalue weighted by Crippen LogP contribution is 2.41. The number of rotatable bonds is 5. The lowest BCUT2D eigenvalue weighted by Gasteiger charge is -2.38. The Hall–Kier alpha value is -2.20. The number of ether oxygens (including phenoxy) is 1. The van der Waals surface area contributed by atoms with Gasteiger partial charge in [-0.05, 0) is 44.0 Å². The molecule has 0 aromatic carbocycles. The Morgan fingerprint density at radius 3 is 2.41 bits per heavy atom. The Bertz CT molecular complexity index is 677. The van der Waals surface area contributed by atoms with Crippen LogP contribution in [0.5, 0.6) is 0 Å². The van der Waals surface area contributed by atoms with Gasteiger partial charge in [0.2, 0.25) is 5.91 Å². The molecule has 3 rings (SSSR count). The summed E-state index contributed by atoms with van der Waals surface area (Å²) in [5.74, 6) is -2.40. The largest absolute Gasteiger partial charge is 0.490 e. The van der Waals surface area contributed by atoms with E-state index in [0.717, 1.165) is 52.0 Å². The SMILES string of the molecule is COCCN1CCC2(CCN(Cc3cccnc3)CC2)C1=O.O=C(O)C(F)(F)F. The highest BCUT2D eigenvalue weighted by atomic mass is 19.4. The molecule has 2 fully saturated rings. The Kier molecular flexibility index (Phi) is 7.97. The number of pyridine rings is 1. The number of alkyl halides is 3. The van der Waals surface area contributed by atoms with Gasteiger partial charge in [-0.15, -0.1) is 0 Å². The fourth-order valence-corrected chi connectivity index (χ4v) is 3.66. The minimum Gasteiger partial charge on any atom is -0.475 e. The smallest absolute Gasteiger partial charge is 0.475 e. The van der Waals surface area contributed by atoms with Crippen LogP contribution in [0.15, 0.2) is 24.5 Å². The number of aliphatic carboxylic acids is 1. The number of methoxy groups -OCH3 is 1. The Balaban J connectivity index is 0.000000370. The second kappa shape index (κ2) is 10.0. The summed E-state index contributed by atoms with van der Waals surface area (Å²) < 4.78 is 36.8. The molecule has 1 amide bonds. The van der Waals surface area contributed by atoms with Crippen molar-refractivity contribution in [3.63, 3.8) is 0 Å². The maximum absolute atomic E-state index is 12.7. The van der Waals surface area contributed by atoms with E-state index in [9.17, 15) is 18.0 Å². The van der Waals surface area contributed by atoms with E-state index < -0.39 is 12.1 Å². The van der Waals surface area contributed by atoms with Crippen molar-refractivity contribution in [2.45, 2.75) is 32.0 Å². The van der Waals surface area contributed by atoms with Crippen LogP contribution in [0.2, 0.25) is 0 Å². The van der Waals surface area contributed by atoms with Crippen LogP contribution in [0.1, 0.15) is 24.8 Å². The van der Waals surface area contributed by atoms with E-state index in [1.54, 1.807) is 13.3 Å². The van der Waals surface area contributed by atoms with E-state index >= 15 is 0 Å². The molecule has 2 saturated heterocycles. The number of carboxylic acids is 1. The van der Waals surface area contributed by atoms with E-state index in [0.29, 0.717) is 12.5 Å². The molecule has 162 valence electrons. The number of carbonyl (C=O) groups excluding carboxylic acids is 1. The molecule has 1 N–H and O–H groups in total. The van der Waals surface area contributed by atoms with Gasteiger partial charge in [0.05, 0.1) is 12.0 Å². The number of carboxylic acid groups (broad SMARTS) is 1. The first kappa shape index (κ1) is 23.1. The van der Waals surface area contributed by atoms with Crippen LogP contribution in [0.4, 0.5) is 13.2 Å². The van der Waals surface area contributed by atoms with E-state index in [1.165, 1.54) is 5.56 Å². The molecule has 2 aliphatic rings. The first-order valence-electron chi connectivity index (χ1n) is 9.38. The van der Waals surface area contributed by atoms with Crippen molar-refractivity contribution in [1.29, 1.82) is 0 Å². The van der Waals surface area contributed by atoms with Crippen molar-refractivity contribution in [2.75, 3.05) is 39.9 Å². The summed E-state index contributed by atoms with van der Waals surface area (Å²) in [4.78, 5) is 30.2. The summed E-state index contributed by atoms with van der Waals surface area (Å²) in [6.07, 6.45) is 1.62. The number of hydrogen-bond acceptors (Lipinski definition) is 5. The number of hydrogen-bond donors (Lipinski definition) is 1. The van der Waals surface area contributed by atoms with Crippen LogP contribution in [-0.2, 0) is 20.9 Å². The molecule has 0 radical (unpaired) electrons. The average Bonchev–Trinajstić information content (AvgIpc) is 2.98. The molecule has 1 spiro atoms. The van der Waals surface area contributed by atoms with Crippen molar-refractivity contribution in [3.8, 4) is 0 Å². The zero-order valence-electron chi connectivity index (χ0n) is 16.3. The van der Waals surface area contributed by atoms with E-state index in [4.69, 9.17) is 14.6 Å². The van der Waals surface area contributed by atoms with Crippen molar-refractivity contribution >= 4 is 11.9 Å². The third kappa shape index (κ3) is 6.40. The van der Waals surface area contributed by atoms with E-state index in [-0.39, 0.29) is 5.41 Å². The minimum atomic E-state index is -5.08. The summed E-state index contributed by atoms with van der Waals surface area (Å²) in [5.41, 5.74) is 1.15. The molecule has 7 nitrogen and oxygen atoms in total. The van der Waals surface area contributed by atoms with Gasteiger partial charge >= 0.3 is 12.1 Å². The van der Waals surface area contributed by atoms with Crippen molar-refractivity contribution in [3.05, 3.63) is 30.1 Å². The van der Waals surface area contributed by atoms with Crippen LogP contribution in [-0.4, -0.2) is 77.8 Å². The predicted molar refractivity (Wildman–Crippen MR) is 97.9 cm³/mol. The lowest BCUT2D eigenvalue weighted by Crippen LogP contribution is -2.44. The molecule has 0 atom stereocenters. The number of piperidine rings is 1. The highest BCUT2D eigenvalue weighted by Gasteiger charge is 2.47. The number of likely N-dealkylation sites (tertiary alicyclic amines) is 2. The molecule has 3 heterocycles. The second-order valence-corrected chi connectivity index (χ2v) is 7.26. The van der Waals surface area contributed by atoms with E-state index in [1.807, 2.05) is 17.2 Å². The van der Waals surface area contributed by atoms with Gasteiger partial charge < -0.3 is 14.7 Å². The standard InChI is InChI=1S/C17H25N3O2.C2HF3O2/c1-22-12-11-20-10-6-17(16(20)21)4-8-19(9-5-17)14-15-3-2-7-18-13-15;3-2(4,5)1(6)7/h2-3,7,13H,4-6,8-12,14H2,1H3;(H,6,7). The fourth-order valence-electron chi connectivity index (χ4n) is 3.66. The van der Waals surface area contributed by atoms with Gasteiger partial charge in [-0.2, -0.15) is 13.2 Å². The Morgan fingerprint density at radius 1 is 1.28 bits per heavy atom. The number of nitrogens with zero attached hydrogens (tertiary/aromatic N) is 3. The summed E-state index contributed by atoms with van der Waals surface area (Å²) in [6, 6.07) is 4.10. The van der Waals surface area contributed by atoms with Crippen molar-refractivity contribution < 1.29 is 32.6 Å². The van der Waals surface area contributed by atoms with Crippen LogP contribution < -0.4 is 0 Å². The molecule has 0 saturated carbocycles. The molecule has 0 aliphatic carbocycles. The van der Waals surface area contributed by atoms with Gasteiger partial charge in [0, 0.05) is 39.1 Å². The van der Waals surface area contributed by atoms with Gasteiger partial charge in [-0.3, -0.25) is 14.7 Å². The minimum absolute atomic E-state index is 0.0980. The third-order valence-electron chi connectivity index (χ3n) is 5.35. The summed E-state index contributed by atoms with van der Waals surface area (Å²) in [7, 11) is 1.69. The molecule has 0 bridgehead atoms. The van der Waals surface area contributed by atoms with Gasteiger partial charge in [0.1, 0.15) is 0 Å². The van der Waals surface area contributed by atoms with Crippen molar-refractivity contribution in [2.24, 2.45) is 5.41 Å². The Morgan fingerprint density at radius 2 is 1.90 bits per heavy atom. The molecule has 1 aromatic rings. The zero-order chi connectivity index (χ0) is 21.5. The first-order valence-corrected chi connectivity index (χ1v) is 9.38. The fraction of sp³-hybridized carbons (Fsp3) is 0.632. The van der Waals surface area contributed by atoms with Gasteiger partial charge in [0.15, 0.2) is 0 Å². The van der Waals surface area contributed by atoms with Gasteiger partial charge in [-0.25, -0.2) is 4.79 Å². The van der Waals surface area contributed by atoms with Crippen molar-refractivity contribution in [1.82, 2.24) is 14.8 Å². The topological polar surface area (TPSA) is 83.0 Å². The van der Waals surface area contributed by atoms with E-state index in [2.05, 4.69) is 16.0 Å². The quantitative estimate of drug-likeness (QED) is 0.791.